The molecule has 6 nitrogen and oxygen atoms in total. The number of amides is 3. The van der Waals surface area contributed by atoms with Gasteiger partial charge in [-0.2, -0.15) is 0 Å². The highest BCUT2D eigenvalue weighted by atomic mass is 32.2. The first-order valence-corrected chi connectivity index (χ1v) is 10.2. The third-order valence-electron chi connectivity index (χ3n) is 4.51. The van der Waals surface area contributed by atoms with Crippen LogP contribution in [0.2, 0.25) is 0 Å². The lowest BCUT2D eigenvalue weighted by molar-refractivity contribution is -0.127. The van der Waals surface area contributed by atoms with Crippen LogP contribution >= 0.6 is 11.8 Å². The molecule has 0 bridgehead atoms. The zero-order valence-electron chi connectivity index (χ0n) is 16.4. The third-order valence-corrected chi connectivity index (χ3v) is 5.41. The van der Waals surface area contributed by atoms with Gasteiger partial charge in [-0.3, -0.25) is 19.3 Å². The molecule has 0 spiro atoms. The van der Waals surface area contributed by atoms with Crippen molar-refractivity contribution >= 4 is 40.6 Å². The summed E-state index contributed by atoms with van der Waals surface area (Å²) in [7, 11) is 0. The number of rotatable bonds is 5. The van der Waals surface area contributed by atoms with Gasteiger partial charge in [0.1, 0.15) is 23.9 Å². The van der Waals surface area contributed by atoms with Gasteiger partial charge in [0.25, 0.3) is 11.1 Å². The van der Waals surface area contributed by atoms with Gasteiger partial charge in [0.05, 0.1) is 4.91 Å². The predicted octanol–water partition coefficient (Wildman–Crippen LogP) is 5.07. The molecule has 3 aromatic rings. The summed E-state index contributed by atoms with van der Waals surface area (Å²) in [6.45, 7) is 1.52. The number of carbonyl (C=O) groups is 3. The summed E-state index contributed by atoms with van der Waals surface area (Å²) < 4.78 is 18.8. The Hall–Kier alpha value is -3.65. The first-order valence-electron chi connectivity index (χ1n) is 9.37. The molecular formula is C23H17FN2O4S. The van der Waals surface area contributed by atoms with E-state index in [1.807, 2.05) is 13.0 Å². The van der Waals surface area contributed by atoms with Crippen LogP contribution in [0.1, 0.15) is 11.3 Å². The SMILES string of the molecule is Cc1cccc(NC(=O)CN2C(=O)S/C(=C\c3ccc(-c4ccc(F)cc4)o3)C2=O)c1. The summed E-state index contributed by atoms with van der Waals surface area (Å²) in [5.41, 5.74) is 2.25. The van der Waals surface area contributed by atoms with Crippen molar-refractivity contribution in [2.75, 3.05) is 11.9 Å². The maximum atomic E-state index is 13.1. The molecule has 0 atom stereocenters. The number of nitrogens with one attached hydrogen (secondary N) is 1. The topological polar surface area (TPSA) is 79.6 Å². The lowest BCUT2D eigenvalue weighted by atomic mass is 10.2. The number of imide groups is 1. The van der Waals surface area contributed by atoms with Crippen LogP contribution in [-0.2, 0) is 9.59 Å². The van der Waals surface area contributed by atoms with E-state index in [-0.39, 0.29) is 17.3 Å². The number of hydrogen-bond acceptors (Lipinski definition) is 5. The van der Waals surface area contributed by atoms with Crippen LogP contribution in [0.15, 0.2) is 70.0 Å². The molecule has 1 N–H and O–H groups in total. The monoisotopic (exact) mass is 436 g/mol. The number of anilines is 1. The second kappa shape index (κ2) is 8.61. The second-order valence-electron chi connectivity index (χ2n) is 6.89. The number of thioether (sulfide) groups is 1. The Morgan fingerprint density at radius 2 is 1.90 bits per heavy atom. The maximum absolute atomic E-state index is 13.1. The van der Waals surface area contributed by atoms with Crippen LogP contribution in [0.25, 0.3) is 17.4 Å². The van der Waals surface area contributed by atoms with E-state index in [0.29, 0.717) is 22.8 Å². The number of aryl methyl sites for hydroxylation is 1. The Kier molecular flexibility index (Phi) is 5.73. The molecule has 1 fully saturated rings. The number of carbonyl (C=O) groups excluding carboxylic acids is 3. The summed E-state index contributed by atoms with van der Waals surface area (Å²) in [5, 5.41) is 2.15. The van der Waals surface area contributed by atoms with Crippen LogP contribution in [0.5, 0.6) is 0 Å². The summed E-state index contributed by atoms with van der Waals surface area (Å²) in [6, 6.07) is 16.4. The van der Waals surface area contributed by atoms with Gasteiger partial charge in [0.15, 0.2) is 0 Å². The molecule has 0 aliphatic carbocycles. The van der Waals surface area contributed by atoms with Crippen molar-refractivity contribution < 1.29 is 23.2 Å². The van der Waals surface area contributed by atoms with E-state index in [9.17, 15) is 18.8 Å². The van der Waals surface area contributed by atoms with Crippen LogP contribution in [0, 0.1) is 12.7 Å². The summed E-state index contributed by atoms with van der Waals surface area (Å²) in [4.78, 5) is 38.2. The van der Waals surface area contributed by atoms with E-state index in [0.717, 1.165) is 22.2 Å². The van der Waals surface area contributed by atoms with Gasteiger partial charge in [-0.1, -0.05) is 12.1 Å². The van der Waals surface area contributed by atoms with Gasteiger partial charge >= 0.3 is 0 Å². The standard InChI is InChI=1S/C23H17FN2O4S/c1-14-3-2-4-17(11-14)25-21(27)13-26-22(28)20(31-23(26)29)12-18-9-10-19(30-18)15-5-7-16(24)8-6-15/h2-12H,13H2,1H3,(H,25,27)/b20-12-. The first kappa shape index (κ1) is 20.6. The van der Waals surface area contributed by atoms with Crippen molar-refractivity contribution in [3.63, 3.8) is 0 Å². The number of benzene rings is 2. The Labute approximate surface area is 181 Å². The van der Waals surface area contributed by atoms with E-state index in [2.05, 4.69) is 5.32 Å². The van der Waals surface area contributed by atoms with Crippen LogP contribution in [-0.4, -0.2) is 28.5 Å². The molecule has 1 aliphatic rings. The Morgan fingerprint density at radius 3 is 2.65 bits per heavy atom. The van der Waals surface area contributed by atoms with Gasteiger partial charge in [0, 0.05) is 17.3 Å². The van der Waals surface area contributed by atoms with Gasteiger partial charge in [-0.15, -0.1) is 0 Å². The number of hydrogen-bond donors (Lipinski definition) is 1. The van der Waals surface area contributed by atoms with Crippen molar-refractivity contribution in [1.29, 1.82) is 0 Å². The highest BCUT2D eigenvalue weighted by Gasteiger charge is 2.36. The minimum absolute atomic E-state index is 0.161. The number of furan rings is 1. The van der Waals surface area contributed by atoms with E-state index in [1.54, 1.807) is 42.5 Å². The molecule has 8 heteroatoms. The Morgan fingerprint density at radius 1 is 1.13 bits per heavy atom. The molecule has 2 aromatic carbocycles. The van der Waals surface area contributed by atoms with Gasteiger partial charge in [-0.05, 0) is 72.8 Å². The molecular weight excluding hydrogens is 419 g/mol. The fraction of sp³-hybridized carbons (Fsp3) is 0.0870. The summed E-state index contributed by atoms with van der Waals surface area (Å²) in [5.74, 6) is -0.507. The molecule has 1 aliphatic heterocycles. The van der Waals surface area contributed by atoms with E-state index < -0.39 is 17.1 Å². The van der Waals surface area contributed by atoms with Crippen molar-refractivity contribution in [2.45, 2.75) is 6.92 Å². The van der Waals surface area contributed by atoms with Crippen molar-refractivity contribution in [3.8, 4) is 11.3 Å². The molecule has 0 radical (unpaired) electrons. The lowest BCUT2D eigenvalue weighted by Gasteiger charge is -2.12. The van der Waals surface area contributed by atoms with Crippen molar-refractivity contribution in [1.82, 2.24) is 4.90 Å². The first-order chi connectivity index (χ1) is 14.9. The zero-order chi connectivity index (χ0) is 22.0. The second-order valence-corrected chi connectivity index (χ2v) is 7.89. The molecule has 0 unspecified atom stereocenters. The lowest BCUT2D eigenvalue weighted by Crippen LogP contribution is -2.36. The predicted molar refractivity (Wildman–Crippen MR) is 117 cm³/mol. The molecule has 31 heavy (non-hydrogen) atoms. The van der Waals surface area contributed by atoms with Crippen LogP contribution in [0.4, 0.5) is 14.9 Å². The fourth-order valence-corrected chi connectivity index (χ4v) is 3.85. The largest absolute Gasteiger partial charge is 0.457 e. The average molecular weight is 436 g/mol. The summed E-state index contributed by atoms with van der Waals surface area (Å²) in [6.07, 6.45) is 1.45. The van der Waals surface area contributed by atoms with E-state index in [1.165, 1.54) is 18.2 Å². The zero-order valence-corrected chi connectivity index (χ0v) is 17.2. The fourth-order valence-electron chi connectivity index (χ4n) is 3.03. The molecule has 156 valence electrons. The molecule has 3 amide bonds. The third kappa shape index (κ3) is 4.75. The highest BCUT2D eigenvalue weighted by molar-refractivity contribution is 8.18. The smallest absolute Gasteiger partial charge is 0.294 e. The minimum Gasteiger partial charge on any atom is -0.457 e. The summed E-state index contributed by atoms with van der Waals surface area (Å²) >= 11 is 0.743. The minimum atomic E-state index is -0.561. The van der Waals surface area contributed by atoms with Crippen molar-refractivity contribution in [2.24, 2.45) is 0 Å². The van der Waals surface area contributed by atoms with E-state index >= 15 is 0 Å². The Bertz CT molecular complexity index is 1200. The van der Waals surface area contributed by atoms with Crippen molar-refractivity contribution in [3.05, 3.63) is 82.7 Å². The molecule has 0 saturated carbocycles. The van der Waals surface area contributed by atoms with Crippen LogP contribution in [0.3, 0.4) is 0 Å². The van der Waals surface area contributed by atoms with Gasteiger partial charge in [-0.25, -0.2) is 4.39 Å². The molecule has 2 heterocycles. The normalized spacial score (nSPS) is 15.0. The van der Waals surface area contributed by atoms with Crippen LogP contribution < -0.4 is 5.32 Å². The molecule has 1 aromatic heterocycles. The molecule has 4 rings (SSSR count). The Balaban J connectivity index is 1.45. The molecule has 1 saturated heterocycles. The quantitative estimate of drug-likeness (QED) is 0.565. The van der Waals surface area contributed by atoms with E-state index in [4.69, 9.17) is 4.42 Å². The number of nitrogens with zero attached hydrogens (tertiary/aromatic N) is 1. The van der Waals surface area contributed by atoms with Gasteiger partial charge < -0.3 is 9.73 Å². The maximum Gasteiger partial charge on any atom is 0.294 e. The highest BCUT2D eigenvalue weighted by Crippen LogP contribution is 2.33. The van der Waals surface area contributed by atoms with Gasteiger partial charge in [0.2, 0.25) is 5.91 Å². The number of halogens is 1. The average Bonchev–Trinajstić information content (AvgIpc) is 3.29.